The van der Waals surface area contributed by atoms with Crippen molar-refractivity contribution < 1.29 is 9.47 Å². The van der Waals surface area contributed by atoms with Crippen LogP contribution >= 0.6 is 0 Å². The van der Waals surface area contributed by atoms with Crippen LogP contribution in [0.1, 0.15) is 45.4 Å². The van der Waals surface area contributed by atoms with Crippen LogP contribution < -0.4 is 11.1 Å². The minimum atomic E-state index is -0.108. The Morgan fingerprint density at radius 2 is 2.15 bits per heavy atom. The number of nitrogens with one attached hydrogen (secondary N) is 1. The molecular formula is C15H29N3O2. The smallest absolute Gasteiger partial charge is 0.188 e. The SMILES string of the molecule is COC1(CN=C(N)NCC2CCCO2)CCC(C)CC1. The van der Waals surface area contributed by atoms with E-state index in [0.29, 0.717) is 12.5 Å². The van der Waals surface area contributed by atoms with Gasteiger partial charge in [0.2, 0.25) is 0 Å². The Morgan fingerprint density at radius 3 is 2.75 bits per heavy atom. The van der Waals surface area contributed by atoms with Gasteiger partial charge in [-0.05, 0) is 44.4 Å². The summed E-state index contributed by atoms with van der Waals surface area (Å²) in [7, 11) is 1.79. The molecule has 2 rings (SSSR count). The Morgan fingerprint density at radius 1 is 1.40 bits per heavy atom. The summed E-state index contributed by atoms with van der Waals surface area (Å²) in [6.45, 7) is 4.58. The van der Waals surface area contributed by atoms with Crippen molar-refractivity contribution in [2.24, 2.45) is 16.6 Å². The highest BCUT2D eigenvalue weighted by atomic mass is 16.5. The number of hydrogen-bond acceptors (Lipinski definition) is 3. The van der Waals surface area contributed by atoms with Gasteiger partial charge in [0, 0.05) is 20.3 Å². The number of rotatable bonds is 5. The molecule has 20 heavy (non-hydrogen) atoms. The monoisotopic (exact) mass is 283 g/mol. The number of guanidine groups is 1. The van der Waals surface area contributed by atoms with E-state index in [1.165, 1.54) is 12.8 Å². The van der Waals surface area contributed by atoms with Gasteiger partial charge in [-0.25, -0.2) is 0 Å². The molecule has 0 spiro atoms. The van der Waals surface area contributed by atoms with Gasteiger partial charge in [0.25, 0.3) is 0 Å². The Bertz CT molecular complexity index is 319. The van der Waals surface area contributed by atoms with E-state index in [0.717, 1.165) is 44.8 Å². The van der Waals surface area contributed by atoms with Crippen molar-refractivity contribution in [3.63, 3.8) is 0 Å². The first-order chi connectivity index (χ1) is 9.63. The fourth-order valence-corrected chi connectivity index (χ4v) is 3.02. The fraction of sp³-hybridized carbons (Fsp3) is 0.933. The third-order valence-electron chi connectivity index (χ3n) is 4.69. The lowest BCUT2D eigenvalue weighted by Crippen LogP contribution is -2.42. The van der Waals surface area contributed by atoms with Gasteiger partial charge in [-0.2, -0.15) is 0 Å². The summed E-state index contributed by atoms with van der Waals surface area (Å²) in [6, 6.07) is 0. The molecule has 1 aliphatic carbocycles. The summed E-state index contributed by atoms with van der Waals surface area (Å²) in [5.41, 5.74) is 5.83. The number of methoxy groups -OCH3 is 1. The van der Waals surface area contributed by atoms with Gasteiger partial charge in [0.1, 0.15) is 0 Å². The van der Waals surface area contributed by atoms with Crippen LogP contribution in [0.4, 0.5) is 0 Å². The molecule has 0 radical (unpaired) electrons. The number of nitrogens with two attached hydrogens (primary N) is 1. The molecule has 1 saturated heterocycles. The standard InChI is InChI=1S/C15H29N3O2/c1-12-5-7-15(19-2,8-6-12)11-18-14(16)17-10-13-4-3-9-20-13/h12-13H,3-11H2,1-2H3,(H3,16,17,18). The zero-order chi connectivity index (χ0) is 14.4. The van der Waals surface area contributed by atoms with Crippen LogP contribution in [0.5, 0.6) is 0 Å². The molecular weight excluding hydrogens is 254 g/mol. The Kier molecular flexibility index (Phi) is 5.66. The van der Waals surface area contributed by atoms with Gasteiger partial charge in [0.15, 0.2) is 5.96 Å². The highest BCUT2D eigenvalue weighted by Gasteiger charge is 2.34. The second-order valence-corrected chi connectivity index (χ2v) is 6.29. The summed E-state index contributed by atoms with van der Waals surface area (Å²) >= 11 is 0. The van der Waals surface area contributed by atoms with E-state index in [2.05, 4.69) is 17.2 Å². The van der Waals surface area contributed by atoms with Crippen LogP contribution in [-0.4, -0.2) is 44.5 Å². The maximum atomic E-state index is 5.94. The van der Waals surface area contributed by atoms with E-state index in [1.54, 1.807) is 7.11 Å². The molecule has 1 heterocycles. The normalized spacial score (nSPS) is 35.2. The van der Waals surface area contributed by atoms with E-state index in [1.807, 2.05) is 0 Å². The molecule has 2 aliphatic rings. The summed E-state index contributed by atoms with van der Waals surface area (Å²) in [6.07, 6.45) is 7.13. The van der Waals surface area contributed by atoms with Gasteiger partial charge in [-0.3, -0.25) is 4.99 Å². The van der Waals surface area contributed by atoms with Crippen LogP contribution in [0, 0.1) is 5.92 Å². The molecule has 5 heteroatoms. The van der Waals surface area contributed by atoms with Gasteiger partial charge in [-0.15, -0.1) is 0 Å². The second kappa shape index (κ2) is 7.27. The van der Waals surface area contributed by atoms with Crippen LogP contribution in [-0.2, 0) is 9.47 Å². The fourth-order valence-electron chi connectivity index (χ4n) is 3.02. The van der Waals surface area contributed by atoms with Crippen molar-refractivity contribution >= 4 is 5.96 Å². The molecule has 0 bridgehead atoms. The van der Waals surface area contributed by atoms with E-state index >= 15 is 0 Å². The first kappa shape index (κ1) is 15.6. The molecule has 0 amide bonds. The van der Waals surface area contributed by atoms with E-state index in [9.17, 15) is 0 Å². The molecule has 0 aromatic rings. The van der Waals surface area contributed by atoms with Gasteiger partial charge >= 0.3 is 0 Å². The summed E-state index contributed by atoms with van der Waals surface area (Å²) in [5.74, 6) is 1.31. The van der Waals surface area contributed by atoms with Crippen molar-refractivity contribution in [2.75, 3.05) is 26.8 Å². The van der Waals surface area contributed by atoms with Gasteiger partial charge < -0.3 is 20.5 Å². The first-order valence-electron chi connectivity index (χ1n) is 7.84. The van der Waals surface area contributed by atoms with Crippen molar-refractivity contribution in [3.05, 3.63) is 0 Å². The predicted octanol–water partition coefficient (Wildman–Crippen LogP) is 1.66. The number of hydrogen-bond donors (Lipinski definition) is 2. The first-order valence-corrected chi connectivity index (χ1v) is 7.84. The third kappa shape index (κ3) is 4.35. The minimum Gasteiger partial charge on any atom is -0.376 e. The van der Waals surface area contributed by atoms with Crippen LogP contribution in [0.15, 0.2) is 4.99 Å². The van der Waals surface area contributed by atoms with Crippen molar-refractivity contribution in [2.45, 2.75) is 57.2 Å². The van der Waals surface area contributed by atoms with Crippen molar-refractivity contribution in [1.82, 2.24) is 5.32 Å². The molecule has 0 aromatic carbocycles. The molecule has 2 fully saturated rings. The van der Waals surface area contributed by atoms with E-state index in [-0.39, 0.29) is 11.7 Å². The quantitative estimate of drug-likeness (QED) is 0.595. The average Bonchev–Trinajstić information content (AvgIpc) is 2.98. The zero-order valence-corrected chi connectivity index (χ0v) is 12.9. The molecule has 1 aliphatic heterocycles. The molecule has 1 saturated carbocycles. The van der Waals surface area contributed by atoms with Crippen molar-refractivity contribution in [1.29, 1.82) is 0 Å². The molecule has 0 aromatic heterocycles. The summed E-state index contributed by atoms with van der Waals surface area (Å²) in [4.78, 5) is 4.48. The highest BCUT2D eigenvalue weighted by Crippen LogP contribution is 2.34. The number of ether oxygens (including phenoxy) is 2. The minimum absolute atomic E-state index is 0.108. The van der Waals surface area contributed by atoms with Gasteiger partial charge in [0.05, 0.1) is 18.2 Å². The second-order valence-electron chi connectivity index (χ2n) is 6.29. The van der Waals surface area contributed by atoms with E-state index < -0.39 is 0 Å². The largest absolute Gasteiger partial charge is 0.376 e. The predicted molar refractivity (Wildman–Crippen MR) is 80.8 cm³/mol. The molecule has 1 atom stereocenters. The lowest BCUT2D eigenvalue weighted by Gasteiger charge is -2.37. The maximum absolute atomic E-state index is 5.94. The average molecular weight is 283 g/mol. The van der Waals surface area contributed by atoms with Crippen molar-refractivity contribution in [3.8, 4) is 0 Å². The number of aliphatic imine (C=N–C) groups is 1. The lowest BCUT2D eigenvalue weighted by atomic mass is 9.79. The topological polar surface area (TPSA) is 68.9 Å². The molecule has 116 valence electrons. The van der Waals surface area contributed by atoms with Crippen LogP contribution in [0.25, 0.3) is 0 Å². The molecule has 1 unspecified atom stereocenters. The van der Waals surface area contributed by atoms with Crippen LogP contribution in [0.3, 0.4) is 0 Å². The van der Waals surface area contributed by atoms with E-state index in [4.69, 9.17) is 15.2 Å². The molecule has 5 nitrogen and oxygen atoms in total. The number of nitrogens with zero attached hydrogens (tertiary/aromatic N) is 1. The van der Waals surface area contributed by atoms with Crippen LogP contribution in [0.2, 0.25) is 0 Å². The van der Waals surface area contributed by atoms with Gasteiger partial charge in [-0.1, -0.05) is 6.92 Å². The third-order valence-corrected chi connectivity index (χ3v) is 4.69. The Hall–Kier alpha value is -0.810. The summed E-state index contributed by atoms with van der Waals surface area (Å²) < 4.78 is 11.3. The molecule has 3 N–H and O–H groups in total. The lowest BCUT2D eigenvalue weighted by molar-refractivity contribution is -0.0394. The zero-order valence-electron chi connectivity index (χ0n) is 12.9. The highest BCUT2D eigenvalue weighted by molar-refractivity contribution is 5.77. The Balaban J connectivity index is 1.76. The summed E-state index contributed by atoms with van der Waals surface area (Å²) in [5, 5.41) is 3.16. The Labute approximate surface area is 122 Å². The maximum Gasteiger partial charge on any atom is 0.188 e.